The van der Waals surface area contributed by atoms with Crippen LogP contribution in [-0.4, -0.2) is 120 Å². The summed E-state index contributed by atoms with van der Waals surface area (Å²) in [5.41, 5.74) is 2.90. The van der Waals surface area contributed by atoms with Gasteiger partial charge in [-0.1, -0.05) is 24.3 Å². The van der Waals surface area contributed by atoms with E-state index in [0.717, 1.165) is 76.6 Å². The lowest BCUT2D eigenvalue weighted by molar-refractivity contribution is -0.149. The maximum atomic E-state index is 13.1. The quantitative estimate of drug-likeness (QED) is 0.339. The van der Waals surface area contributed by atoms with Gasteiger partial charge in [0.1, 0.15) is 0 Å². The number of ether oxygens (including phenoxy) is 4. The molecule has 8 atom stereocenters. The van der Waals surface area contributed by atoms with Crippen molar-refractivity contribution in [2.75, 3.05) is 67.0 Å². The molecule has 0 aromatic carbocycles. The van der Waals surface area contributed by atoms with Crippen LogP contribution in [0.15, 0.2) is 46.0 Å². The van der Waals surface area contributed by atoms with Gasteiger partial charge in [0.15, 0.2) is 0 Å². The van der Waals surface area contributed by atoms with Crippen LogP contribution in [0.1, 0.15) is 74.1 Å². The lowest BCUT2D eigenvalue weighted by Crippen LogP contribution is -2.48. The highest BCUT2D eigenvalue weighted by atomic mass is 16.5. The lowest BCUT2D eigenvalue weighted by Gasteiger charge is -2.40. The van der Waals surface area contributed by atoms with E-state index in [1.54, 1.807) is 9.13 Å². The Hall–Kier alpha value is -3.92. The first-order valence-corrected chi connectivity index (χ1v) is 21.0. The molecular formula is C44H60N4O10. The van der Waals surface area contributed by atoms with Gasteiger partial charge < -0.3 is 38.3 Å². The molecule has 0 aliphatic carbocycles. The van der Waals surface area contributed by atoms with Crippen LogP contribution >= 0.6 is 0 Å². The van der Waals surface area contributed by atoms with Crippen molar-refractivity contribution in [3.8, 4) is 0 Å². The molecule has 8 rings (SSSR count). The molecule has 2 aromatic rings. The van der Waals surface area contributed by atoms with Gasteiger partial charge in [-0.2, -0.15) is 0 Å². The van der Waals surface area contributed by atoms with E-state index in [0.29, 0.717) is 36.1 Å². The van der Waals surface area contributed by atoms with Gasteiger partial charge in [-0.05, 0) is 75.6 Å². The Morgan fingerprint density at radius 3 is 1.38 bits per heavy atom. The molecule has 0 spiro atoms. The number of carbonyl (C=O) groups excluding carboxylic acids is 2. The van der Waals surface area contributed by atoms with Crippen LogP contribution in [0.25, 0.3) is 12.2 Å². The van der Waals surface area contributed by atoms with Crippen LogP contribution in [0.2, 0.25) is 0 Å². The molecule has 0 amide bonds. The maximum Gasteiger partial charge on any atom is 0.311 e. The summed E-state index contributed by atoms with van der Waals surface area (Å²) in [5.74, 6) is -1.10. The minimum absolute atomic E-state index is 0.0384. The fraction of sp³-hybridized carbons (Fsp3) is 0.636. The van der Waals surface area contributed by atoms with Crippen LogP contribution in [-0.2, 0) is 41.6 Å². The third-order valence-electron chi connectivity index (χ3n) is 13.7. The molecule has 14 nitrogen and oxygen atoms in total. The predicted octanol–water partition coefficient (Wildman–Crippen LogP) is 2.89. The summed E-state index contributed by atoms with van der Waals surface area (Å²) in [5, 5.41) is 20.4. The number of aliphatic hydroxyl groups is 2. The van der Waals surface area contributed by atoms with Crippen molar-refractivity contribution in [2.45, 2.75) is 76.8 Å². The number of hydrogen-bond donors (Lipinski definition) is 2. The second-order valence-corrected chi connectivity index (χ2v) is 16.6. The van der Waals surface area contributed by atoms with Gasteiger partial charge in [-0.25, -0.2) is 0 Å². The van der Waals surface area contributed by atoms with Crippen molar-refractivity contribution in [2.24, 2.45) is 35.5 Å². The van der Waals surface area contributed by atoms with Crippen molar-refractivity contribution in [1.29, 1.82) is 0 Å². The molecule has 58 heavy (non-hydrogen) atoms. The van der Waals surface area contributed by atoms with E-state index in [9.17, 15) is 29.4 Å². The average molecular weight is 805 g/mol. The second-order valence-electron chi connectivity index (χ2n) is 16.6. The van der Waals surface area contributed by atoms with Gasteiger partial charge in [-0.15, -0.1) is 0 Å². The molecule has 6 aliphatic rings. The number of aromatic nitrogens is 2. The lowest BCUT2D eigenvalue weighted by atomic mass is 9.87. The SMILES string of the molecule is C/C=C/c1ccc2n(c1=O)C[C@@H]1[C@@H](CO)[C@H](C(=O)OC)[C@H]2N1CC1CCOCC1.C/C=C\c1ccc2n(c1=O)C[C@@H]1[C@@H](CO)[C@H](C(=O)OC)[C@H]2N1CC1CCOCC1. The number of nitrogens with zero attached hydrogens (tertiary/aromatic N) is 4. The predicted molar refractivity (Wildman–Crippen MR) is 217 cm³/mol. The van der Waals surface area contributed by atoms with Gasteiger partial charge in [-0.3, -0.25) is 29.0 Å². The Labute approximate surface area is 340 Å². The average Bonchev–Trinajstić information content (AvgIpc) is 3.58. The third kappa shape index (κ3) is 7.79. The van der Waals surface area contributed by atoms with E-state index in [1.165, 1.54) is 14.2 Å². The molecule has 14 heteroatoms. The van der Waals surface area contributed by atoms with E-state index < -0.39 is 11.8 Å². The highest BCUT2D eigenvalue weighted by molar-refractivity contribution is 5.75. The summed E-state index contributed by atoms with van der Waals surface area (Å²) in [6.07, 6.45) is 11.3. The zero-order chi connectivity index (χ0) is 41.1. The zero-order valence-corrected chi connectivity index (χ0v) is 34.2. The van der Waals surface area contributed by atoms with Gasteiger partial charge in [0.25, 0.3) is 11.1 Å². The molecule has 0 saturated carbocycles. The van der Waals surface area contributed by atoms with Crippen LogP contribution in [0.5, 0.6) is 0 Å². The largest absolute Gasteiger partial charge is 0.469 e. The number of aliphatic hydroxyl groups excluding tert-OH is 2. The molecule has 4 saturated heterocycles. The van der Waals surface area contributed by atoms with E-state index in [1.807, 2.05) is 62.4 Å². The van der Waals surface area contributed by atoms with Crippen molar-refractivity contribution in [3.63, 3.8) is 0 Å². The van der Waals surface area contributed by atoms with Crippen LogP contribution < -0.4 is 11.1 Å². The number of fused-ring (bicyclic) bond motifs is 8. The molecule has 4 bridgehead atoms. The molecular weight excluding hydrogens is 745 g/mol. The first-order valence-electron chi connectivity index (χ1n) is 21.0. The number of carbonyl (C=O) groups is 2. The first-order chi connectivity index (χ1) is 28.2. The molecule has 2 N–H and O–H groups in total. The molecule has 2 aromatic heterocycles. The Bertz CT molecular complexity index is 1820. The fourth-order valence-corrected chi connectivity index (χ4v) is 10.9. The van der Waals surface area contributed by atoms with Crippen molar-refractivity contribution in [1.82, 2.24) is 18.9 Å². The highest BCUT2D eigenvalue weighted by Crippen LogP contribution is 2.50. The van der Waals surface area contributed by atoms with Crippen molar-refractivity contribution < 1.29 is 38.7 Å². The Morgan fingerprint density at radius 2 is 1.05 bits per heavy atom. The topological polar surface area (TPSA) is 162 Å². The Kier molecular flexibility index (Phi) is 13.5. The van der Waals surface area contributed by atoms with Gasteiger partial charge in [0.2, 0.25) is 0 Å². The fourth-order valence-electron chi connectivity index (χ4n) is 10.9. The third-order valence-corrected chi connectivity index (χ3v) is 13.7. The number of esters is 2. The van der Waals surface area contributed by atoms with E-state index >= 15 is 0 Å². The summed E-state index contributed by atoms with van der Waals surface area (Å²) in [7, 11) is 2.79. The Morgan fingerprint density at radius 1 is 0.672 bits per heavy atom. The van der Waals surface area contributed by atoms with Crippen molar-refractivity contribution >= 4 is 24.1 Å². The number of allylic oxidation sites excluding steroid dienone is 2. The zero-order valence-electron chi connectivity index (χ0n) is 34.2. The monoisotopic (exact) mass is 804 g/mol. The van der Waals surface area contributed by atoms with Crippen molar-refractivity contribution in [3.05, 3.63) is 79.6 Å². The second kappa shape index (κ2) is 18.6. The molecule has 0 radical (unpaired) electrons. The number of hydrogen-bond acceptors (Lipinski definition) is 12. The minimum Gasteiger partial charge on any atom is -0.469 e. The van der Waals surface area contributed by atoms with E-state index in [-0.39, 0.29) is 72.3 Å². The van der Waals surface area contributed by atoms with E-state index in [4.69, 9.17) is 18.9 Å². The van der Waals surface area contributed by atoms with Gasteiger partial charge in [0, 0.05) is 112 Å². The number of methoxy groups -OCH3 is 2. The van der Waals surface area contributed by atoms with Crippen LogP contribution in [0.4, 0.5) is 0 Å². The summed E-state index contributed by atoms with van der Waals surface area (Å²) >= 11 is 0. The standard InChI is InChI=1S/2C22H30N2O5/c2*1-3-4-15-5-6-17-20-19(22(27)28-2)16(13-25)18(12-24(17)21(15)26)23(20)11-14-7-9-29-10-8-14/h2*3-6,14,16,18-20,25H,7-13H2,1-2H3/b4-3+;4-3-/t2*16-,18-,19+,20+/m11/s1. The molecule has 4 fully saturated rings. The van der Waals surface area contributed by atoms with Gasteiger partial charge in [0.05, 0.1) is 38.1 Å². The summed E-state index contributed by atoms with van der Waals surface area (Å²) in [4.78, 5) is 56.3. The Balaban J connectivity index is 0.000000177. The van der Waals surface area contributed by atoms with Crippen LogP contribution in [0.3, 0.4) is 0 Å². The number of pyridine rings is 2. The minimum atomic E-state index is -0.476. The highest BCUT2D eigenvalue weighted by Gasteiger charge is 2.58. The maximum absolute atomic E-state index is 13.1. The van der Waals surface area contributed by atoms with Crippen LogP contribution in [0, 0.1) is 35.5 Å². The summed E-state index contributed by atoms with van der Waals surface area (Å²) in [6, 6.07) is 6.95. The normalized spacial score (nSPS) is 29.9. The summed E-state index contributed by atoms with van der Waals surface area (Å²) < 4.78 is 24.9. The first kappa shape index (κ1) is 42.2. The smallest absolute Gasteiger partial charge is 0.311 e. The summed E-state index contributed by atoms with van der Waals surface area (Å²) in [6.45, 7) is 9.28. The molecule has 316 valence electrons. The molecule has 8 heterocycles. The molecule has 0 unspecified atom stereocenters. The number of rotatable bonds is 10. The molecule has 6 aliphatic heterocycles. The van der Waals surface area contributed by atoms with Gasteiger partial charge >= 0.3 is 11.9 Å². The van der Waals surface area contributed by atoms with E-state index in [2.05, 4.69) is 9.80 Å².